The number of carbonyl (C=O) groups is 1. The van der Waals surface area contributed by atoms with Gasteiger partial charge in [0.25, 0.3) is 5.91 Å². The minimum absolute atomic E-state index is 0.122. The fourth-order valence-electron chi connectivity index (χ4n) is 3.07. The largest absolute Gasteiger partial charge is 0.349 e. The molecule has 0 bridgehead atoms. The van der Waals surface area contributed by atoms with Crippen LogP contribution in [-0.2, 0) is 0 Å². The molecule has 1 amide bonds. The average molecular weight is 345 g/mol. The number of hydrogen-bond donors (Lipinski definition) is 1. The zero-order valence-electron chi connectivity index (χ0n) is 14.5. The molecule has 6 nitrogen and oxygen atoms in total. The van der Waals surface area contributed by atoms with Gasteiger partial charge in [-0.3, -0.25) is 4.79 Å². The lowest BCUT2D eigenvalue weighted by atomic mass is 10.1. The Morgan fingerprint density at radius 1 is 1.24 bits per heavy atom. The van der Waals surface area contributed by atoms with Crippen molar-refractivity contribution < 1.29 is 9.18 Å². The smallest absolute Gasteiger partial charge is 0.273 e. The van der Waals surface area contributed by atoms with Gasteiger partial charge in [0.15, 0.2) is 5.69 Å². The Balaban J connectivity index is 1.53. The minimum Gasteiger partial charge on any atom is -0.349 e. The molecule has 0 saturated carbocycles. The summed E-state index contributed by atoms with van der Waals surface area (Å²) in [5, 5.41) is 10.9. The van der Waals surface area contributed by atoms with E-state index in [4.69, 9.17) is 0 Å². The summed E-state index contributed by atoms with van der Waals surface area (Å²) in [5.74, 6) is -0.488. The molecule has 3 rings (SSSR count). The fraction of sp³-hybridized carbons (Fsp3) is 0.500. The molecule has 1 saturated heterocycles. The summed E-state index contributed by atoms with van der Waals surface area (Å²) in [6.45, 7) is 5.63. The molecule has 0 spiro atoms. The van der Waals surface area contributed by atoms with Gasteiger partial charge in [-0.2, -0.15) is 0 Å². The van der Waals surface area contributed by atoms with Gasteiger partial charge in [0.1, 0.15) is 5.82 Å². The van der Waals surface area contributed by atoms with Crippen LogP contribution in [0.4, 0.5) is 4.39 Å². The highest BCUT2D eigenvalue weighted by Crippen LogP contribution is 2.17. The third-order valence-electron chi connectivity index (χ3n) is 4.65. The topological polar surface area (TPSA) is 63.1 Å². The molecule has 134 valence electrons. The Morgan fingerprint density at radius 2 is 1.96 bits per heavy atom. The number of benzene rings is 1. The zero-order valence-corrected chi connectivity index (χ0v) is 14.5. The van der Waals surface area contributed by atoms with Crippen LogP contribution in [0.3, 0.4) is 0 Å². The van der Waals surface area contributed by atoms with E-state index < -0.39 is 0 Å². The zero-order chi connectivity index (χ0) is 17.6. The third kappa shape index (κ3) is 4.63. The monoisotopic (exact) mass is 345 g/mol. The van der Waals surface area contributed by atoms with E-state index in [9.17, 15) is 9.18 Å². The Labute approximate surface area is 147 Å². The Morgan fingerprint density at radius 3 is 2.68 bits per heavy atom. The van der Waals surface area contributed by atoms with Gasteiger partial charge in [-0.15, -0.1) is 5.10 Å². The molecule has 1 unspecified atom stereocenters. The molecule has 1 aromatic carbocycles. The number of amides is 1. The summed E-state index contributed by atoms with van der Waals surface area (Å²) in [6, 6.07) is 6.12. The van der Waals surface area contributed by atoms with Gasteiger partial charge < -0.3 is 10.2 Å². The lowest BCUT2D eigenvalue weighted by Crippen LogP contribution is -2.37. The number of halogens is 1. The van der Waals surface area contributed by atoms with E-state index in [0.717, 1.165) is 25.2 Å². The number of rotatable bonds is 6. The van der Waals surface area contributed by atoms with Crippen LogP contribution >= 0.6 is 0 Å². The van der Waals surface area contributed by atoms with Crippen LogP contribution in [0.15, 0.2) is 30.5 Å². The summed E-state index contributed by atoms with van der Waals surface area (Å²) >= 11 is 0. The van der Waals surface area contributed by atoms with Crippen molar-refractivity contribution in [3.05, 3.63) is 47.5 Å². The van der Waals surface area contributed by atoms with E-state index in [1.54, 1.807) is 23.0 Å². The number of hydrogen-bond acceptors (Lipinski definition) is 4. The van der Waals surface area contributed by atoms with E-state index in [0.29, 0.717) is 12.2 Å². The molecule has 2 aromatic rings. The first-order valence-electron chi connectivity index (χ1n) is 8.81. The average Bonchev–Trinajstić information content (AvgIpc) is 3.13. The molecule has 7 heteroatoms. The van der Waals surface area contributed by atoms with Crippen molar-refractivity contribution in [2.24, 2.45) is 0 Å². The van der Waals surface area contributed by atoms with Crippen molar-refractivity contribution in [1.29, 1.82) is 0 Å². The first-order valence-corrected chi connectivity index (χ1v) is 8.81. The highest BCUT2D eigenvalue weighted by molar-refractivity contribution is 5.91. The molecule has 1 atom stereocenters. The first kappa shape index (κ1) is 17.5. The van der Waals surface area contributed by atoms with Crippen molar-refractivity contribution in [2.75, 3.05) is 26.2 Å². The molecule has 1 fully saturated rings. The number of carbonyl (C=O) groups excluding carboxylic acids is 1. The Hall–Kier alpha value is -2.28. The predicted molar refractivity (Wildman–Crippen MR) is 92.9 cm³/mol. The van der Waals surface area contributed by atoms with E-state index in [-0.39, 0.29) is 17.8 Å². The number of likely N-dealkylation sites (tertiary alicyclic amines) is 1. The van der Waals surface area contributed by atoms with Crippen LogP contribution in [0.1, 0.15) is 48.3 Å². The summed E-state index contributed by atoms with van der Waals surface area (Å²) < 4.78 is 14.6. The van der Waals surface area contributed by atoms with Crippen LogP contribution in [0.25, 0.3) is 0 Å². The van der Waals surface area contributed by atoms with Crippen molar-refractivity contribution in [3.63, 3.8) is 0 Å². The molecule has 1 aliphatic heterocycles. The van der Waals surface area contributed by atoms with Gasteiger partial charge >= 0.3 is 0 Å². The lowest BCUT2D eigenvalue weighted by Gasteiger charge is -2.26. The van der Waals surface area contributed by atoms with Gasteiger partial charge in [-0.1, -0.05) is 23.8 Å². The number of aromatic nitrogens is 3. The van der Waals surface area contributed by atoms with E-state index in [1.807, 2.05) is 6.92 Å². The highest BCUT2D eigenvalue weighted by Gasteiger charge is 2.15. The molecule has 1 aliphatic rings. The molecule has 0 aliphatic carbocycles. The van der Waals surface area contributed by atoms with Crippen LogP contribution < -0.4 is 5.32 Å². The van der Waals surface area contributed by atoms with E-state index in [2.05, 4.69) is 20.5 Å². The third-order valence-corrected chi connectivity index (χ3v) is 4.65. The molecule has 1 N–H and O–H groups in total. The minimum atomic E-state index is -0.275. The Bertz CT molecular complexity index is 694. The summed E-state index contributed by atoms with van der Waals surface area (Å²) in [6.07, 6.45) is 5.41. The number of piperidine rings is 1. The molecule has 2 heterocycles. The van der Waals surface area contributed by atoms with Crippen LogP contribution in [-0.4, -0.2) is 52.0 Å². The molecule has 25 heavy (non-hydrogen) atoms. The second kappa shape index (κ2) is 8.20. The van der Waals surface area contributed by atoms with Crippen molar-refractivity contribution in [3.8, 4) is 0 Å². The Kier molecular flexibility index (Phi) is 5.75. The van der Waals surface area contributed by atoms with Gasteiger partial charge in [0.05, 0.1) is 12.2 Å². The second-order valence-electron chi connectivity index (χ2n) is 6.47. The molecule has 0 radical (unpaired) electrons. The molecular weight excluding hydrogens is 321 g/mol. The van der Waals surface area contributed by atoms with E-state index in [1.165, 1.54) is 31.4 Å². The first-order chi connectivity index (χ1) is 12.1. The van der Waals surface area contributed by atoms with Crippen LogP contribution in [0.2, 0.25) is 0 Å². The highest BCUT2D eigenvalue weighted by atomic mass is 19.1. The summed E-state index contributed by atoms with van der Waals surface area (Å²) in [7, 11) is 0. The standard InChI is InChI=1S/C18H24FN5O/c1-14(15-5-7-16(19)8-6-15)24-13-17(21-22-24)18(25)20-9-12-23-10-3-2-4-11-23/h5-8,13-14H,2-4,9-12H2,1H3,(H,20,25). The maximum Gasteiger partial charge on any atom is 0.273 e. The van der Waals surface area contributed by atoms with E-state index >= 15 is 0 Å². The summed E-state index contributed by atoms with van der Waals surface area (Å²) in [4.78, 5) is 14.6. The SMILES string of the molecule is CC(c1ccc(F)cc1)n1cc(C(=O)NCCN2CCCCC2)nn1. The predicted octanol–water partition coefficient (Wildman–Crippen LogP) is 2.24. The van der Waals surface area contributed by atoms with Gasteiger partial charge in [-0.25, -0.2) is 9.07 Å². The van der Waals surface area contributed by atoms with Crippen molar-refractivity contribution in [2.45, 2.75) is 32.2 Å². The number of nitrogens with zero attached hydrogens (tertiary/aromatic N) is 4. The lowest BCUT2D eigenvalue weighted by molar-refractivity contribution is 0.0941. The second-order valence-corrected chi connectivity index (χ2v) is 6.47. The number of nitrogens with one attached hydrogen (secondary N) is 1. The normalized spacial score (nSPS) is 16.6. The maximum absolute atomic E-state index is 13.0. The van der Waals surface area contributed by atoms with Crippen LogP contribution in [0, 0.1) is 5.82 Å². The van der Waals surface area contributed by atoms with Gasteiger partial charge in [0.2, 0.25) is 0 Å². The summed E-state index contributed by atoms with van der Waals surface area (Å²) in [5.41, 5.74) is 1.20. The van der Waals surface area contributed by atoms with Crippen molar-refractivity contribution in [1.82, 2.24) is 25.2 Å². The maximum atomic E-state index is 13.0. The molecular formula is C18H24FN5O. The van der Waals surface area contributed by atoms with Gasteiger partial charge in [0, 0.05) is 13.1 Å². The fourth-order valence-corrected chi connectivity index (χ4v) is 3.07. The molecule has 1 aromatic heterocycles. The van der Waals surface area contributed by atoms with Gasteiger partial charge in [-0.05, 0) is 50.6 Å². The van der Waals surface area contributed by atoms with Crippen molar-refractivity contribution >= 4 is 5.91 Å². The quantitative estimate of drug-likeness (QED) is 0.872. The van der Waals surface area contributed by atoms with Crippen LogP contribution in [0.5, 0.6) is 0 Å².